The summed E-state index contributed by atoms with van der Waals surface area (Å²) in [5.41, 5.74) is 10.3. The molecule has 2 unspecified atom stereocenters. The van der Waals surface area contributed by atoms with Crippen molar-refractivity contribution in [3.05, 3.63) is 34.9 Å². The van der Waals surface area contributed by atoms with Crippen LogP contribution in [0.25, 0.3) is 0 Å². The van der Waals surface area contributed by atoms with E-state index in [0.717, 1.165) is 13.1 Å². The van der Waals surface area contributed by atoms with Crippen LogP contribution >= 0.6 is 12.4 Å². The molecule has 2 rings (SSSR count). The van der Waals surface area contributed by atoms with Gasteiger partial charge in [-0.2, -0.15) is 0 Å². The quantitative estimate of drug-likeness (QED) is 0.913. The van der Waals surface area contributed by atoms with E-state index in [0.29, 0.717) is 12.0 Å². The second kappa shape index (κ2) is 6.55. The van der Waals surface area contributed by atoms with Gasteiger partial charge in [0.15, 0.2) is 0 Å². The van der Waals surface area contributed by atoms with Crippen molar-refractivity contribution in [1.82, 2.24) is 4.90 Å². The number of aryl methyl sites for hydroxylation is 1. The predicted molar refractivity (Wildman–Crippen MR) is 80.2 cm³/mol. The second-order valence-electron chi connectivity index (χ2n) is 5.50. The highest BCUT2D eigenvalue weighted by Gasteiger charge is 2.25. The average molecular weight is 269 g/mol. The lowest BCUT2D eigenvalue weighted by molar-refractivity contribution is 0.308. The zero-order valence-electron chi connectivity index (χ0n) is 11.6. The zero-order valence-corrected chi connectivity index (χ0v) is 12.5. The Balaban J connectivity index is 0.00000162. The molecule has 2 nitrogen and oxygen atoms in total. The smallest absolute Gasteiger partial charge is 0.0236 e. The molecule has 0 aromatic heterocycles. The molecule has 1 aromatic carbocycles. The number of likely N-dealkylation sites (tertiary alicyclic amines) is 1. The van der Waals surface area contributed by atoms with Crippen LogP contribution in [0.4, 0.5) is 0 Å². The third-order valence-electron chi connectivity index (χ3n) is 4.16. The first-order chi connectivity index (χ1) is 8.08. The number of rotatable bonds is 3. The Morgan fingerprint density at radius 1 is 1.39 bits per heavy atom. The Hall–Kier alpha value is -0.570. The lowest BCUT2D eigenvalue weighted by Crippen LogP contribution is -2.29. The van der Waals surface area contributed by atoms with Crippen LogP contribution in [0.2, 0.25) is 0 Å². The summed E-state index contributed by atoms with van der Waals surface area (Å²) in [6.45, 7) is 9.98. The molecule has 0 spiro atoms. The van der Waals surface area contributed by atoms with Crippen molar-refractivity contribution >= 4 is 12.4 Å². The largest absolute Gasteiger partial charge is 0.328 e. The van der Waals surface area contributed by atoms with Crippen molar-refractivity contribution in [2.45, 2.75) is 39.8 Å². The molecular weight excluding hydrogens is 244 g/mol. The van der Waals surface area contributed by atoms with Gasteiger partial charge in [0, 0.05) is 19.1 Å². The molecule has 0 bridgehead atoms. The fraction of sp³-hybridized carbons (Fsp3) is 0.600. The Labute approximate surface area is 117 Å². The molecule has 2 N–H and O–H groups in total. The molecule has 0 saturated carbocycles. The Bertz CT molecular complexity index is 390. The summed E-state index contributed by atoms with van der Waals surface area (Å²) in [5, 5.41) is 0. The highest BCUT2D eigenvalue weighted by atomic mass is 35.5. The fourth-order valence-corrected chi connectivity index (χ4v) is 2.66. The van der Waals surface area contributed by atoms with Gasteiger partial charge in [0.05, 0.1) is 0 Å². The summed E-state index contributed by atoms with van der Waals surface area (Å²) in [4.78, 5) is 2.54. The molecule has 1 aromatic rings. The van der Waals surface area contributed by atoms with E-state index in [9.17, 15) is 0 Å². The maximum absolute atomic E-state index is 5.98. The zero-order chi connectivity index (χ0) is 12.4. The minimum atomic E-state index is 0. The van der Waals surface area contributed by atoms with E-state index in [1.807, 2.05) is 0 Å². The van der Waals surface area contributed by atoms with Crippen molar-refractivity contribution in [1.29, 1.82) is 0 Å². The van der Waals surface area contributed by atoms with Crippen LogP contribution in [0.1, 0.15) is 30.0 Å². The Kier molecular flexibility index (Phi) is 5.64. The van der Waals surface area contributed by atoms with Crippen molar-refractivity contribution < 1.29 is 0 Å². The van der Waals surface area contributed by atoms with Crippen LogP contribution in [-0.4, -0.2) is 24.0 Å². The summed E-state index contributed by atoms with van der Waals surface area (Å²) < 4.78 is 0. The molecule has 1 saturated heterocycles. The molecule has 102 valence electrons. The van der Waals surface area contributed by atoms with Crippen molar-refractivity contribution in [3.8, 4) is 0 Å². The van der Waals surface area contributed by atoms with Gasteiger partial charge in [0.1, 0.15) is 0 Å². The van der Waals surface area contributed by atoms with Gasteiger partial charge in [-0.1, -0.05) is 18.2 Å². The molecule has 1 aliphatic rings. The number of benzene rings is 1. The van der Waals surface area contributed by atoms with Gasteiger partial charge in [-0.05, 0) is 56.3 Å². The number of nitrogens with zero attached hydrogens (tertiary/aromatic N) is 1. The highest BCUT2D eigenvalue weighted by Crippen LogP contribution is 2.22. The molecule has 3 heteroatoms. The summed E-state index contributed by atoms with van der Waals surface area (Å²) in [6, 6.07) is 6.94. The first kappa shape index (κ1) is 15.5. The first-order valence-corrected chi connectivity index (χ1v) is 6.61. The van der Waals surface area contributed by atoms with Gasteiger partial charge in [-0.25, -0.2) is 0 Å². The van der Waals surface area contributed by atoms with E-state index < -0.39 is 0 Å². The number of hydrogen-bond donors (Lipinski definition) is 1. The van der Waals surface area contributed by atoms with Crippen LogP contribution in [0.3, 0.4) is 0 Å². The molecule has 18 heavy (non-hydrogen) atoms. The minimum absolute atomic E-state index is 0. The van der Waals surface area contributed by atoms with Gasteiger partial charge in [-0.15, -0.1) is 12.4 Å². The summed E-state index contributed by atoms with van der Waals surface area (Å²) in [5.74, 6) is 0.681. The molecular formula is C15H25ClN2. The second-order valence-corrected chi connectivity index (χ2v) is 5.50. The van der Waals surface area contributed by atoms with Crippen LogP contribution in [0, 0.1) is 19.8 Å². The summed E-state index contributed by atoms with van der Waals surface area (Å²) >= 11 is 0. The Morgan fingerprint density at radius 2 is 2.11 bits per heavy atom. The van der Waals surface area contributed by atoms with Gasteiger partial charge in [0.25, 0.3) is 0 Å². The van der Waals surface area contributed by atoms with Gasteiger partial charge in [0.2, 0.25) is 0 Å². The van der Waals surface area contributed by atoms with E-state index in [2.05, 4.69) is 43.9 Å². The molecule has 1 aliphatic heterocycles. The summed E-state index contributed by atoms with van der Waals surface area (Å²) in [7, 11) is 0. The minimum Gasteiger partial charge on any atom is -0.328 e. The Morgan fingerprint density at radius 3 is 2.72 bits per heavy atom. The molecule has 1 fully saturated rings. The van der Waals surface area contributed by atoms with Crippen molar-refractivity contribution in [2.75, 3.05) is 13.1 Å². The number of halogens is 1. The molecule has 0 radical (unpaired) electrons. The summed E-state index contributed by atoms with van der Waals surface area (Å²) in [6.07, 6.45) is 1.25. The lowest BCUT2D eigenvalue weighted by atomic mass is 10.0. The standard InChI is InChI=1S/C15H24N2.ClH/c1-11-5-4-6-14(12(11)2)9-17-8-7-15(10-17)13(3)16;/h4-6,13,15H,7-10,16H2,1-3H3;1H. The lowest BCUT2D eigenvalue weighted by Gasteiger charge is -2.19. The van der Waals surface area contributed by atoms with E-state index in [-0.39, 0.29) is 12.4 Å². The number of hydrogen-bond acceptors (Lipinski definition) is 2. The average Bonchev–Trinajstić information content (AvgIpc) is 2.73. The maximum atomic E-state index is 5.98. The highest BCUT2D eigenvalue weighted by molar-refractivity contribution is 5.85. The molecule has 0 aliphatic carbocycles. The maximum Gasteiger partial charge on any atom is 0.0236 e. The predicted octanol–water partition coefficient (Wildman–Crippen LogP) is 2.89. The first-order valence-electron chi connectivity index (χ1n) is 6.61. The SMILES string of the molecule is Cc1cccc(CN2CCC(C(C)N)C2)c1C.Cl. The van der Waals surface area contributed by atoms with Gasteiger partial charge >= 0.3 is 0 Å². The fourth-order valence-electron chi connectivity index (χ4n) is 2.66. The number of nitrogens with two attached hydrogens (primary N) is 1. The molecule has 2 atom stereocenters. The van der Waals surface area contributed by atoms with Gasteiger partial charge in [-0.3, -0.25) is 4.90 Å². The van der Waals surface area contributed by atoms with Crippen LogP contribution in [0.15, 0.2) is 18.2 Å². The normalized spacial score (nSPS) is 21.7. The monoisotopic (exact) mass is 268 g/mol. The molecule has 1 heterocycles. The van der Waals surface area contributed by atoms with Crippen LogP contribution in [0.5, 0.6) is 0 Å². The third-order valence-corrected chi connectivity index (χ3v) is 4.16. The van der Waals surface area contributed by atoms with Gasteiger partial charge < -0.3 is 5.73 Å². The third kappa shape index (κ3) is 3.47. The van der Waals surface area contributed by atoms with Crippen LogP contribution < -0.4 is 5.73 Å². The van der Waals surface area contributed by atoms with Crippen molar-refractivity contribution in [3.63, 3.8) is 0 Å². The van der Waals surface area contributed by atoms with Crippen molar-refractivity contribution in [2.24, 2.45) is 11.7 Å². The van der Waals surface area contributed by atoms with E-state index in [1.165, 1.54) is 29.7 Å². The topological polar surface area (TPSA) is 29.3 Å². The van der Waals surface area contributed by atoms with E-state index >= 15 is 0 Å². The van der Waals surface area contributed by atoms with E-state index in [1.54, 1.807) is 0 Å². The molecule has 0 amide bonds. The van der Waals surface area contributed by atoms with Crippen LogP contribution in [-0.2, 0) is 6.54 Å². The van der Waals surface area contributed by atoms with E-state index in [4.69, 9.17) is 5.73 Å².